The van der Waals surface area contributed by atoms with Gasteiger partial charge in [-0.15, -0.1) is 0 Å². The molecule has 1 atom stereocenters. The highest BCUT2D eigenvalue weighted by Crippen LogP contribution is 2.26. The van der Waals surface area contributed by atoms with E-state index in [2.05, 4.69) is 20.8 Å². The van der Waals surface area contributed by atoms with Crippen molar-refractivity contribution < 1.29 is 14.3 Å². The number of esters is 1. The van der Waals surface area contributed by atoms with Gasteiger partial charge in [-0.05, 0) is 30.4 Å². The molecule has 0 saturated heterocycles. The molecule has 0 aliphatic carbocycles. The van der Waals surface area contributed by atoms with Gasteiger partial charge in [0.1, 0.15) is 11.3 Å². The van der Waals surface area contributed by atoms with Crippen LogP contribution in [0.4, 0.5) is 5.69 Å². The highest BCUT2D eigenvalue weighted by molar-refractivity contribution is 5.98. The molecular weight excluding hydrogens is 242 g/mol. The summed E-state index contributed by atoms with van der Waals surface area (Å²) in [6.45, 7) is 7.05. The first kappa shape index (κ1) is 15.3. The maximum Gasteiger partial charge on any atom is 0.343 e. The lowest BCUT2D eigenvalue weighted by atomic mass is 10.00. The maximum absolute atomic E-state index is 11.7. The Morgan fingerprint density at radius 1 is 1.32 bits per heavy atom. The third-order valence-electron chi connectivity index (χ3n) is 2.85. The van der Waals surface area contributed by atoms with Crippen molar-refractivity contribution in [2.45, 2.75) is 27.2 Å². The minimum atomic E-state index is -0.468. The Kier molecular flexibility index (Phi) is 5.67. The molecule has 2 N–H and O–H groups in total. The molecule has 0 saturated carbocycles. The fourth-order valence-electron chi connectivity index (χ4n) is 2.09. The van der Waals surface area contributed by atoms with Gasteiger partial charge in [0, 0.05) is 5.69 Å². The van der Waals surface area contributed by atoms with Gasteiger partial charge >= 0.3 is 5.97 Å². The van der Waals surface area contributed by atoms with Crippen LogP contribution in [0.1, 0.15) is 37.6 Å². The van der Waals surface area contributed by atoms with Crippen molar-refractivity contribution >= 4 is 11.7 Å². The van der Waals surface area contributed by atoms with Crippen molar-refractivity contribution in [1.82, 2.24) is 0 Å². The molecule has 4 heteroatoms. The molecule has 106 valence electrons. The number of anilines is 1. The van der Waals surface area contributed by atoms with E-state index in [0.717, 1.165) is 6.42 Å². The van der Waals surface area contributed by atoms with Crippen LogP contribution in [0.15, 0.2) is 18.2 Å². The standard InChI is InChI=1S/C15H23NO3/c1-10(2)8-11(3)9-19-13-7-5-6-12(16)14(13)15(17)18-4/h5-7,10-11H,8-9,16H2,1-4H3. The Labute approximate surface area is 114 Å². The molecule has 1 aromatic carbocycles. The van der Waals surface area contributed by atoms with Crippen molar-refractivity contribution in [1.29, 1.82) is 0 Å². The monoisotopic (exact) mass is 265 g/mol. The van der Waals surface area contributed by atoms with Crippen molar-refractivity contribution in [2.75, 3.05) is 19.5 Å². The fourth-order valence-corrected chi connectivity index (χ4v) is 2.09. The smallest absolute Gasteiger partial charge is 0.343 e. The molecule has 0 bridgehead atoms. The third-order valence-corrected chi connectivity index (χ3v) is 2.85. The highest BCUT2D eigenvalue weighted by Gasteiger charge is 2.17. The van der Waals surface area contributed by atoms with E-state index in [9.17, 15) is 4.79 Å². The van der Waals surface area contributed by atoms with Crippen LogP contribution < -0.4 is 10.5 Å². The Bertz CT molecular complexity index is 429. The number of ether oxygens (including phenoxy) is 2. The lowest BCUT2D eigenvalue weighted by Gasteiger charge is -2.17. The van der Waals surface area contributed by atoms with Crippen LogP contribution >= 0.6 is 0 Å². The number of benzene rings is 1. The van der Waals surface area contributed by atoms with Gasteiger partial charge in [-0.1, -0.05) is 26.8 Å². The van der Waals surface area contributed by atoms with Crippen LogP contribution in [-0.4, -0.2) is 19.7 Å². The van der Waals surface area contributed by atoms with Crippen LogP contribution in [0, 0.1) is 11.8 Å². The number of rotatable bonds is 6. The van der Waals surface area contributed by atoms with Crippen molar-refractivity contribution in [3.05, 3.63) is 23.8 Å². The molecule has 1 aromatic rings. The Morgan fingerprint density at radius 2 is 2.00 bits per heavy atom. The molecule has 0 amide bonds. The number of carbonyl (C=O) groups excluding carboxylic acids is 1. The predicted octanol–water partition coefficient (Wildman–Crippen LogP) is 3.12. The lowest BCUT2D eigenvalue weighted by molar-refractivity contribution is 0.0596. The van der Waals surface area contributed by atoms with Crippen LogP contribution in [-0.2, 0) is 4.74 Å². The van der Waals surface area contributed by atoms with Crippen molar-refractivity contribution in [3.8, 4) is 5.75 Å². The quantitative estimate of drug-likeness (QED) is 0.634. The molecule has 1 rings (SSSR count). The number of nitrogen functional groups attached to an aromatic ring is 1. The van der Waals surface area contributed by atoms with Crippen LogP contribution in [0.25, 0.3) is 0 Å². The van der Waals surface area contributed by atoms with E-state index in [0.29, 0.717) is 35.4 Å². The molecule has 0 radical (unpaired) electrons. The summed E-state index contributed by atoms with van der Waals surface area (Å²) in [5, 5.41) is 0. The Balaban J connectivity index is 2.78. The third kappa shape index (κ3) is 4.47. The first-order chi connectivity index (χ1) is 8.95. The van der Waals surface area contributed by atoms with Gasteiger partial charge in [-0.25, -0.2) is 4.79 Å². The Morgan fingerprint density at radius 3 is 2.58 bits per heavy atom. The van der Waals surface area contributed by atoms with E-state index < -0.39 is 5.97 Å². The second-order valence-electron chi connectivity index (χ2n) is 5.26. The second-order valence-corrected chi connectivity index (χ2v) is 5.26. The maximum atomic E-state index is 11.7. The van der Waals surface area contributed by atoms with Crippen molar-refractivity contribution in [2.24, 2.45) is 11.8 Å². The van der Waals surface area contributed by atoms with Crippen molar-refractivity contribution in [3.63, 3.8) is 0 Å². The zero-order valence-electron chi connectivity index (χ0n) is 12.1. The van der Waals surface area contributed by atoms with E-state index in [-0.39, 0.29) is 0 Å². The van der Waals surface area contributed by atoms with Gasteiger partial charge in [0.25, 0.3) is 0 Å². The molecule has 0 fully saturated rings. The number of hydrogen-bond donors (Lipinski definition) is 1. The van der Waals surface area contributed by atoms with Gasteiger partial charge in [-0.2, -0.15) is 0 Å². The average molecular weight is 265 g/mol. The number of hydrogen-bond acceptors (Lipinski definition) is 4. The van der Waals surface area contributed by atoms with Crippen LogP contribution in [0.5, 0.6) is 5.75 Å². The van der Waals surface area contributed by atoms with Crippen LogP contribution in [0.2, 0.25) is 0 Å². The highest BCUT2D eigenvalue weighted by atomic mass is 16.5. The normalized spacial score (nSPS) is 12.3. The minimum absolute atomic E-state index is 0.307. The number of nitrogens with two attached hydrogens (primary N) is 1. The molecule has 19 heavy (non-hydrogen) atoms. The van der Waals surface area contributed by atoms with E-state index in [1.807, 2.05) is 0 Å². The van der Waals surface area contributed by atoms with E-state index in [4.69, 9.17) is 15.2 Å². The lowest BCUT2D eigenvalue weighted by Crippen LogP contribution is -2.14. The predicted molar refractivity (Wildman–Crippen MR) is 76.3 cm³/mol. The summed E-state index contributed by atoms with van der Waals surface area (Å²) in [5.74, 6) is 1.07. The van der Waals surface area contributed by atoms with E-state index in [1.165, 1.54) is 7.11 Å². The first-order valence-electron chi connectivity index (χ1n) is 6.55. The molecular formula is C15H23NO3. The molecule has 4 nitrogen and oxygen atoms in total. The van der Waals surface area contributed by atoms with E-state index in [1.54, 1.807) is 18.2 Å². The topological polar surface area (TPSA) is 61.5 Å². The van der Waals surface area contributed by atoms with E-state index >= 15 is 0 Å². The Hall–Kier alpha value is -1.71. The van der Waals surface area contributed by atoms with Gasteiger partial charge in [-0.3, -0.25) is 0 Å². The zero-order valence-corrected chi connectivity index (χ0v) is 12.1. The van der Waals surface area contributed by atoms with Gasteiger partial charge in [0.05, 0.1) is 13.7 Å². The second kappa shape index (κ2) is 7.02. The number of methoxy groups -OCH3 is 1. The molecule has 0 heterocycles. The SMILES string of the molecule is COC(=O)c1c(N)cccc1OCC(C)CC(C)C. The molecule has 0 spiro atoms. The molecule has 0 aliphatic rings. The minimum Gasteiger partial charge on any atom is -0.492 e. The molecule has 0 aromatic heterocycles. The van der Waals surface area contributed by atoms with Gasteiger partial charge < -0.3 is 15.2 Å². The summed E-state index contributed by atoms with van der Waals surface area (Å²) in [7, 11) is 1.33. The molecule has 1 unspecified atom stereocenters. The average Bonchev–Trinajstić information content (AvgIpc) is 2.34. The number of carbonyl (C=O) groups is 1. The largest absolute Gasteiger partial charge is 0.492 e. The van der Waals surface area contributed by atoms with Crippen LogP contribution in [0.3, 0.4) is 0 Å². The summed E-state index contributed by atoms with van der Waals surface area (Å²) >= 11 is 0. The van der Waals surface area contributed by atoms with Gasteiger partial charge in [0.15, 0.2) is 0 Å². The zero-order chi connectivity index (χ0) is 14.4. The fraction of sp³-hybridized carbons (Fsp3) is 0.533. The molecule has 0 aliphatic heterocycles. The summed E-state index contributed by atoms with van der Waals surface area (Å²) in [5.41, 5.74) is 6.49. The first-order valence-corrected chi connectivity index (χ1v) is 6.55. The summed E-state index contributed by atoms with van der Waals surface area (Å²) < 4.78 is 10.5. The summed E-state index contributed by atoms with van der Waals surface area (Å²) in [4.78, 5) is 11.7. The van der Waals surface area contributed by atoms with Gasteiger partial charge in [0.2, 0.25) is 0 Å². The summed E-state index contributed by atoms with van der Waals surface area (Å²) in [6, 6.07) is 5.17. The summed E-state index contributed by atoms with van der Waals surface area (Å²) in [6.07, 6.45) is 1.08.